The van der Waals surface area contributed by atoms with Gasteiger partial charge in [0.15, 0.2) is 5.41 Å². The van der Waals surface area contributed by atoms with Crippen molar-refractivity contribution in [3.05, 3.63) is 48.2 Å². The van der Waals surface area contributed by atoms with Crippen LogP contribution >= 0.6 is 0 Å². The summed E-state index contributed by atoms with van der Waals surface area (Å²) in [6.07, 6.45) is 2.08. The zero-order valence-electron chi connectivity index (χ0n) is 14.7. The number of nitrogens with one attached hydrogen (secondary N) is 1. The molecule has 1 unspecified atom stereocenters. The Morgan fingerprint density at radius 3 is 3.04 bits per heavy atom. The molecule has 0 radical (unpaired) electrons. The Kier molecular flexibility index (Phi) is 3.07. The maximum Gasteiger partial charge on any atom is 0.323 e. The second-order valence-electron chi connectivity index (χ2n) is 7.62. The van der Waals surface area contributed by atoms with Crippen LogP contribution < -0.4 is 0 Å². The molecule has 136 valence electrons. The highest BCUT2D eigenvalue weighted by Crippen LogP contribution is 2.57. The number of aromatic nitrogens is 1. The smallest absolute Gasteiger partial charge is 0.323 e. The molecular formula is C20H22N2O4. The van der Waals surface area contributed by atoms with E-state index in [2.05, 4.69) is 16.5 Å². The van der Waals surface area contributed by atoms with Gasteiger partial charge in [-0.15, -0.1) is 6.58 Å². The highest BCUT2D eigenvalue weighted by Gasteiger charge is 2.75. The zero-order chi connectivity index (χ0) is 18.2. The summed E-state index contributed by atoms with van der Waals surface area (Å²) in [4.78, 5) is 18.9. The van der Waals surface area contributed by atoms with Crippen LogP contribution in [0.1, 0.15) is 17.7 Å². The van der Waals surface area contributed by atoms with Gasteiger partial charge in [-0.25, -0.2) is 0 Å². The third-order valence-corrected chi connectivity index (χ3v) is 6.69. The average molecular weight is 354 g/mol. The fourth-order valence-electron chi connectivity index (χ4n) is 5.33. The number of fused-ring (bicyclic) bond motifs is 2. The van der Waals surface area contributed by atoms with Crippen LogP contribution in [0.25, 0.3) is 10.9 Å². The molecule has 2 fully saturated rings. The molecule has 4 bridgehead atoms. The number of carbonyl (C=O) groups excluding carboxylic acids is 1. The molecule has 0 aliphatic carbocycles. The summed E-state index contributed by atoms with van der Waals surface area (Å²) in [5.74, 6) is -0.466. The second-order valence-corrected chi connectivity index (χ2v) is 7.62. The van der Waals surface area contributed by atoms with Gasteiger partial charge in [-0.3, -0.25) is 9.69 Å². The van der Waals surface area contributed by atoms with Gasteiger partial charge in [0.05, 0.1) is 13.7 Å². The van der Waals surface area contributed by atoms with Gasteiger partial charge in [0, 0.05) is 36.2 Å². The molecule has 6 rings (SSSR count). The van der Waals surface area contributed by atoms with Gasteiger partial charge in [-0.05, 0) is 18.1 Å². The quantitative estimate of drug-likeness (QED) is 0.631. The van der Waals surface area contributed by atoms with Crippen LogP contribution in [0.4, 0.5) is 0 Å². The summed E-state index contributed by atoms with van der Waals surface area (Å²) in [5, 5.41) is 13.0. The lowest BCUT2D eigenvalue weighted by Gasteiger charge is -2.53. The number of piperidine rings is 1. The van der Waals surface area contributed by atoms with E-state index >= 15 is 0 Å². The molecule has 0 amide bonds. The van der Waals surface area contributed by atoms with Crippen LogP contribution in [-0.2, 0) is 26.2 Å². The van der Waals surface area contributed by atoms with E-state index in [1.165, 1.54) is 7.11 Å². The Hall–Kier alpha value is -2.15. The number of benzene rings is 1. The first-order chi connectivity index (χ1) is 12.5. The molecule has 6 heteroatoms. The number of methoxy groups -OCH3 is 1. The first kappa shape index (κ1) is 16.1. The third kappa shape index (κ3) is 1.57. The van der Waals surface area contributed by atoms with Crippen molar-refractivity contribution >= 4 is 16.9 Å². The number of rotatable bonds is 2. The largest absolute Gasteiger partial charge is 0.468 e. The molecule has 4 aliphatic rings. The van der Waals surface area contributed by atoms with Crippen molar-refractivity contribution in [3.8, 4) is 0 Å². The predicted molar refractivity (Wildman–Crippen MR) is 95.7 cm³/mol. The van der Waals surface area contributed by atoms with Gasteiger partial charge >= 0.3 is 5.97 Å². The van der Waals surface area contributed by atoms with E-state index in [4.69, 9.17) is 9.47 Å². The van der Waals surface area contributed by atoms with E-state index in [1.807, 2.05) is 24.3 Å². The molecule has 2 N–H and O–H groups in total. The molecule has 6 nitrogen and oxygen atoms in total. The predicted octanol–water partition coefficient (Wildman–Crippen LogP) is 1.48. The van der Waals surface area contributed by atoms with Crippen LogP contribution in [0.5, 0.6) is 0 Å². The van der Waals surface area contributed by atoms with Crippen LogP contribution in [0, 0.1) is 0 Å². The summed E-state index contributed by atoms with van der Waals surface area (Å²) in [6.45, 7) is 5.88. The maximum absolute atomic E-state index is 13.2. The monoisotopic (exact) mass is 354 g/mol. The lowest BCUT2D eigenvalue weighted by atomic mass is 9.59. The summed E-state index contributed by atoms with van der Waals surface area (Å²) < 4.78 is 11.4. The van der Waals surface area contributed by atoms with Gasteiger partial charge < -0.3 is 19.6 Å². The molecule has 0 saturated carbocycles. The Morgan fingerprint density at radius 2 is 2.27 bits per heavy atom. The van der Waals surface area contributed by atoms with Gasteiger partial charge in [-0.1, -0.05) is 24.3 Å². The lowest BCUT2D eigenvalue weighted by Crippen LogP contribution is -2.71. The number of aromatic amines is 1. The SMILES string of the molecule is C=C[C@]12CN3CC[C@]1(O)[C@@](C(=O)OC)(CO2)c1[nH]c2ccccc2c1C3. The van der Waals surface area contributed by atoms with E-state index in [-0.39, 0.29) is 6.61 Å². The third-order valence-electron chi connectivity index (χ3n) is 6.69. The molecule has 1 aromatic carbocycles. The summed E-state index contributed by atoms with van der Waals surface area (Å²) in [7, 11) is 1.37. The Balaban J connectivity index is 1.90. The minimum absolute atomic E-state index is 0.0653. The van der Waals surface area contributed by atoms with Crippen LogP contribution in [0.3, 0.4) is 0 Å². The van der Waals surface area contributed by atoms with E-state index < -0.39 is 22.6 Å². The highest BCUT2D eigenvalue weighted by molar-refractivity contribution is 5.92. The lowest BCUT2D eigenvalue weighted by molar-refractivity contribution is -0.175. The van der Waals surface area contributed by atoms with Crippen molar-refractivity contribution < 1.29 is 19.4 Å². The van der Waals surface area contributed by atoms with Crippen molar-refractivity contribution in [3.63, 3.8) is 0 Å². The van der Waals surface area contributed by atoms with Crippen LogP contribution in [0.15, 0.2) is 36.9 Å². The van der Waals surface area contributed by atoms with Crippen LogP contribution in [-0.4, -0.2) is 59.0 Å². The maximum atomic E-state index is 13.2. The molecule has 0 spiro atoms. The Bertz CT molecular complexity index is 937. The summed E-state index contributed by atoms with van der Waals surface area (Å²) >= 11 is 0. The number of H-pyrrole nitrogens is 1. The second kappa shape index (κ2) is 4.97. The average Bonchev–Trinajstić information content (AvgIpc) is 3.15. The minimum Gasteiger partial charge on any atom is -0.468 e. The molecule has 4 atom stereocenters. The Labute approximate surface area is 151 Å². The molecular weight excluding hydrogens is 332 g/mol. The van der Waals surface area contributed by atoms with Crippen molar-refractivity contribution in [2.45, 2.75) is 29.6 Å². The fourth-order valence-corrected chi connectivity index (χ4v) is 5.33. The van der Waals surface area contributed by atoms with Crippen LogP contribution in [0.2, 0.25) is 0 Å². The zero-order valence-corrected chi connectivity index (χ0v) is 14.7. The topological polar surface area (TPSA) is 74.8 Å². The molecule has 4 aliphatic heterocycles. The van der Waals surface area contributed by atoms with Gasteiger partial charge in [0.2, 0.25) is 0 Å². The van der Waals surface area contributed by atoms with Crippen molar-refractivity contribution in [2.24, 2.45) is 0 Å². The number of hydrogen-bond donors (Lipinski definition) is 2. The van der Waals surface area contributed by atoms with E-state index in [0.29, 0.717) is 31.7 Å². The van der Waals surface area contributed by atoms with Crippen molar-refractivity contribution in [2.75, 3.05) is 26.8 Å². The van der Waals surface area contributed by atoms with Crippen molar-refractivity contribution in [1.82, 2.24) is 9.88 Å². The number of para-hydroxylation sites is 1. The number of carbonyl (C=O) groups is 1. The first-order valence-electron chi connectivity index (χ1n) is 8.92. The summed E-state index contributed by atoms with van der Waals surface area (Å²) in [6, 6.07) is 7.98. The first-order valence-corrected chi connectivity index (χ1v) is 8.92. The van der Waals surface area contributed by atoms with Crippen molar-refractivity contribution in [1.29, 1.82) is 0 Å². The normalized spacial score (nSPS) is 37.8. The van der Waals surface area contributed by atoms with E-state index in [9.17, 15) is 9.90 Å². The molecule has 1 aromatic heterocycles. The molecule has 2 saturated heterocycles. The standard InChI is InChI=1S/C20H22N2O4/c1-3-18-11-22-9-8-20(18,24)19(12-26-18,17(23)25-2)16-14(10-22)13-6-4-5-7-15(13)21-16/h3-7,21,24H,1,8-12H2,2H3/t18-,19-,20+/m0/s1. The van der Waals surface area contributed by atoms with Gasteiger partial charge in [0.1, 0.15) is 11.2 Å². The Morgan fingerprint density at radius 1 is 1.46 bits per heavy atom. The number of ether oxygens (including phenoxy) is 2. The number of aliphatic hydroxyl groups is 1. The van der Waals surface area contributed by atoms with E-state index in [1.54, 1.807) is 6.08 Å². The molecule has 26 heavy (non-hydrogen) atoms. The minimum atomic E-state index is -1.42. The van der Waals surface area contributed by atoms with Gasteiger partial charge in [-0.2, -0.15) is 0 Å². The van der Waals surface area contributed by atoms with E-state index in [0.717, 1.165) is 16.5 Å². The van der Waals surface area contributed by atoms with Gasteiger partial charge in [0.25, 0.3) is 0 Å². The molecule has 5 heterocycles. The summed E-state index contributed by atoms with van der Waals surface area (Å²) in [5.41, 5.74) is -1.01. The molecule has 2 aromatic rings. The fraction of sp³-hybridized carbons (Fsp3) is 0.450. The number of hydrogen-bond acceptors (Lipinski definition) is 5. The highest BCUT2D eigenvalue weighted by atomic mass is 16.6. The number of esters is 1. The number of nitrogens with zero attached hydrogens (tertiary/aromatic N) is 1.